The van der Waals surface area contributed by atoms with Crippen LogP contribution in [0.25, 0.3) is 0 Å². The second kappa shape index (κ2) is 6.02. The average molecular weight is 473 g/mol. The largest absolute Gasteiger partial charge is 0.335 e. The van der Waals surface area contributed by atoms with Gasteiger partial charge in [-0.15, -0.1) is 0 Å². The third-order valence-corrected chi connectivity index (χ3v) is 5.16. The van der Waals surface area contributed by atoms with Crippen LogP contribution in [0.5, 0.6) is 0 Å². The molecule has 2 nitrogen and oxygen atoms in total. The Hall–Kier alpha value is 0.380. The summed E-state index contributed by atoms with van der Waals surface area (Å²) in [5.74, 6) is 0.151. The highest BCUT2D eigenvalue weighted by Crippen LogP contribution is 2.25. The van der Waals surface area contributed by atoms with Crippen molar-refractivity contribution in [3.63, 3.8) is 0 Å². The normalized spacial score (nSPS) is 19.7. The van der Waals surface area contributed by atoms with Crippen molar-refractivity contribution >= 4 is 60.4 Å². The van der Waals surface area contributed by atoms with E-state index in [9.17, 15) is 4.79 Å². The molecule has 0 spiro atoms. The number of hydrogen-bond acceptors (Lipinski definition) is 1. The smallest absolute Gasteiger partial charge is 0.255 e. The minimum Gasteiger partial charge on any atom is -0.335 e. The van der Waals surface area contributed by atoms with Gasteiger partial charge in [0.25, 0.3) is 5.91 Å². The van der Waals surface area contributed by atoms with E-state index in [1.165, 1.54) is 0 Å². The van der Waals surface area contributed by atoms with E-state index < -0.39 is 0 Å². The van der Waals surface area contributed by atoms with Gasteiger partial charge >= 0.3 is 0 Å². The van der Waals surface area contributed by atoms with Crippen molar-refractivity contribution in [2.75, 3.05) is 11.9 Å². The molecule has 1 aliphatic rings. The first kappa shape index (κ1) is 13.8. The Labute approximate surface area is 132 Å². The molecule has 1 aliphatic heterocycles. The zero-order valence-electron chi connectivity index (χ0n) is 9.13. The van der Waals surface area contributed by atoms with Crippen LogP contribution in [0.4, 0.5) is 0 Å². The maximum Gasteiger partial charge on any atom is 0.255 e. The molecule has 0 radical (unpaired) electrons. The van der Waals surface area contributed by atoms with Gasteiger partial charge in [0, 0.05) is 26.0 Å². The van der Waals surface area contributed by atoms with Crippen molar-refractivity contribution in [2.45, 2.75) is 18.9 Å². The molecule has 5 heteroatoms. The standard InChI is InChI=1S/C12H12Br2INO/c13-7-9-2-1-5-16(9)12(17)10-6-8(14)3-4-11(10)15/h3-4,6,9H,1-2,5,7H2. The minimum absolute atomic E-state index is 0.151. The van der Waals surface area contributed by atoms with E-state index in [0.29, 0.717) is 6.04 Å². The predicted molar refractivity (Wildman–Crippen MR) is 84.7 cm³/mol. The van der Waals surface area contributed by atoms with Crippen LogP contribution in [0, 0.1) is 3.57 Å². The molecule has 1 atom stereocenters. The number of hydrogen-bond donors (Lipinski definition) is 0. The monoisotopic (exact) mass is 471 g/mol. The van der Waals surface area contributed by atoms with E-state index in [2.05, 4.69) is 54.5 Å². The number of benzene rings is 1. The van der Waals surface area contributed by atoms with Crippen LogP contribution in [0.3, 0.4) is 0 Å². The van der Waals surface area contributed by atoms with Crippen LogP contribution in [-0.2, 0) is 0 Å². The Morgan fingerprint density at radius 3 is 3.00 bits per heavy atom. The molecule has 0 bridgehead atoms. The maximum absolute atomic E-state index is 12.5. The summed E-state index contributed by atoms with van der Waals surface area (Å²) in [5, 5.41) is 0.864. The molecule has 1 saturated heterocycles. The fourth-order valence-corrected chi connectivity index (χ4v) is 3.68. The molecule has 0 aliphatic carbocycles. The number of amides is 1. The molecule has 1 aromatic carbocycles. The van der Waals surface area contributed by atoms with Gasteiger partial charge in [0.15, 0.2) is 0 Å². The van der Waals surface area contributed by atoms with Crippen molar-refractivity contribution in [3.05, 3.63) is 31.8 Å². The highest BCUT2D eigenvalue weighted by molar-refractivity contribution is 14.1. The van der Waals surface area contributed by atoms with E-state index in [-0.39, 0.29) is 5.91 Å². The topological polar surface area (TPSA) is 20.3 Å². The van der Waals surface area contributed by atoms with Crippen LogP contribution < -0.4 is 0 Å². The Morgan fingerprint density at radius 1 is 1.53 bits per heavy atom. The average Bonchev–Trinajstić information content (AvgIpc) is 2.79. The predicted octanol–water partition coefficient (Wildman–Crippen LogP) is 4.05. The number of alkyl halides is 1. The van der Waals surface area contributed by atoms with Gasteiger partial charge in [-0.05, 0) is 53.6 Å². The molecule has 17 heavy (non-hydrogen) atoms. The van der Waals surface area contributed by atoms with E-state index in [0.717, 1.165) is 38.3 Å². The second-order valence-electron chi connectivity index (χ2n) is 4.07. The van der Waals surface area contributed by atoms with E-state index in [1.54, 1.807) is 0 Å². The van der Waals surface area contributed by atoms with Crippen LogP contribution in [0.1, 0.15) is 23.2 Å². The Morgan fingerprint density at radius 2 is 2.29 bits per heavy atom. The summed E-state index contributed by atoms with van der Waals surface area (Å²) in [4.78, 5) is 14.5. The Balaban J connectivity index is 2.27. The summed E-state index contributed by atoms with van der Waals surface area (Å²) in [6.07, 6.45) is 2.20. The van der Waals surface area contributed by atoms with Crippen LogP contribution in [0.2, 0.25) is 0 Å². The van der Waals surface area contributed by atoms with E-state index in [1.807, 2.05) is 23.1 Å². The lowest BCUT2D eigenvalue weighted by atomic mass is 10.2. The lowest BCUT2D eigenvalue weighted by Crippen LogP contribution is -2.36. The number of carbonyl (C=O) groups is 1. The summed E-state index contributed by atoms with van der Waals surface area (Å²) in [6.45, 7) is 0.873. The fourth-order valence-electron chi connectivity index (χ4n) is 2.08. The summed E-state index contributed by atoms with van der Waals surface area (Å²) in [6, 6.07) is 6.19. The summed E-state index contributed by atoms with van der Waals surface area (Å²) >= 11 is 9.13. The van der Waals surface area contributed by atoms with Gasteiger partial charge in [0.2, 0.25) is 0 Å². The van der Waals surface area contributed by atoms with Gasteiger partial charge < -0.3 is 4.90 Å². The van der Waals surface area contributed by atoms with Gasteiger partial charge in [-0.25, -0.2) is 0 Å². The molecule has 92 valence electrons. The molecular formula is C12H12Br2INO. The number of nitrogens with zero attached hydrogens (tertiary/aromatic N) is 1. The number of likely N-dealkylation sites (tertiary alicyclic amines) is 1. The molecular weight excluding hydrogens is 461 g/mol. The highest BCUT2D eigenvalue weighted by atomic mass is 127. The minimum atomic E-state index is 0.151. The van der Waals surface area contributed by atoms with Gasteiger partial charge in [0.05, 0.1) is 5.56 Å². The molecule has 0 aromatic heterocycles. The first-order valence-corrected chi connectivity index (χ1v) is 8.45. The van der Waals surface area contributed by atoms with Gasteiger partial charge in [-0.3, -0.25) is 4.79 Å². The third kappa shape index (κ3) is 3.04. The lowest BCUT2D eigenvalue weighted by Gasteiger charge is -2.23. The number of carbonyl (C=O) groups excluding carboxylic acids is 1. The summed E-state index contributed by atoms with van der Waals surface area (Å²) in [7, 11) is 0. The first-order chi connectivity index (χ1) is 8.13. The van der Waals surface area contributed by atoms with Crippen LogP contribution >= 0.6 is 54.5 Å². The van der Waals surface area contributed by atoms with Crippen molar-refractivity contribution in [2.24, 2.45) is 0 Å². The zero-order valence-corrected chi connectivity index (χ0v) is 14.5. The quantitative estimate of drug-likeness (QED) is 0.469. The third-order valence-electron chi connectivity index (χ3n) is 2.97. The lowest BCUT2D eigenvalue weighted by molar-refractivity contribution is 0.0749. The van der Waals surface area contributed by atoms with E-state index >= 15 is 0 Å². The molecule has 1 heterocycles. The SMILES string of the molecule is O=C(c1cc(Br)ccc1I)N1CCCC1CBr. The van der Waals surface area contributed by atoms with Crippen molar-refractivity contribution in [1.29, 1.82) is 0 Å². The first-order valence-electron chi connectivity index (χ1n) is 5.45. The molecule has 1 aromatic rings. The van der Waals surface area contributed by atoms with Crippen LogP contribution in [0.15, 0.2) is 22.7 Å². The molecule has 0 saturated carbocycles. The second-order valence-corrected chi connectivity index (χ2v) is 6.80. The number of rotatable bonds is 2. The maximum atomic E-state index is 12.5. The zero-order chi connectivity index (χ0) is 12.4. The van der Waals surface area contributed by atoms with Gasteiger partial charge in [-0.2, -0.15) is 0 Å². The Kier molecular flexibility index (Phi) is 4.88. The van der Waals surface area contributed by atoms with E-state index in [4.69, 9.17) is 0 Å². The summed E-state index contributed by atoms with van der Waals surface area (Å²) in [5.41, 5.74) is 0.799. The van der Waals surface area contributed by atoms with Gasteiger partial charge in [0.1, 0.15) is 0 Å². The van der Waals surface area contributed by atoms with Crippen molar-refractivity contribution in [3.8, 4) is 0 Å². The highest BCUT2D eigenvalue weighted by Gasteiger charge is 2.29. The molecule has 0 N–H and O–H groups in total. The van der Waals surface area contributed by atoms with Gasteiger partial charge in [-0.1, -0.05) is 31.9 Å². The molecule has 1 unspecified atom stereocenters. The van der Waals surface area contributed by atoms with Crippen LogP contribution in [-0.4, -0.2) is 28.7 Å². The molecule has 1 fully saturated rings. The van der Waals surface area contributed by atoms with Crippen molar-refractivity contribution in [1.82, 2.24) is 4.90 Å². The van der Waals surface area contributed by atoms with Crippen molar-refractivity contribution < 1.29 is 4.79 Å². The fraction of sp³-hybridized carbons (Fsp3) is 0.417. The molecule has 2 rings (SSSR count). The number of halogens is 3. The molecule has 1 amide bonds. The summed E-state index contributed by atoms with van der Waals surface area (Å²) < 4.78 is 1.96. The Bertz CT molecular complexity index is 439.